The zero-order valence-corrected chi connectivity index (χ0v) is 19.2. The van der Waals surface area contributed by atoms with Gasteiger partial charge in [-0.2, -0.15) is 18.1 Å². The molecule has 0 spiro atoms. The molecule has 182 valence electrons. The Morgan fingerprint density at radius 1 is 1.06 bits per heavy atom. The number of pyridine rings is 1. The van der Waals surface area contributed by atoms with Gasteiger partial charge in [0.2, 0.25) is 11.8 Å². The van der Waals surface area contributed by atoms with Gasteiger partial charge in [-0.1, -0.05) is 6.92 Å². The standard InChI is InChI=1S/C21H23F3N6O3S/c1-3-26-34(31,32)27-8-9-33-20-17(14-10-12(2)28-16(11-14)19(23)24)18(29-21(25)30-20)13-4-6-15(22)7-5-13/h4-7,10-11,19,26-27H,3,8-9H2,1-2H3,(H2,25,29,30). The third-order valence-corrected chi connectivity index (χ3v) is 5.72. The van der Waals surface area contributed by atoms with Gasteiger partial charge in [-0.3, -0.25) is 4.98 Å². The minimum Gasteiger partial charge on any atom is -0.476 e. The molecule has 2 aromatic heterocycles. The highest BCUT2D eigenvalue weighted by atomic mass is 32.2. The fourth-order valence-corrected chi connectivity index (χ4v) is 3.99. The molecule has 3 aromatic rings. The number of alkyl halides is 2. The van der Waals surface area contributed by atoms with Crippen LogP contribution in [0.4, 0.5) is 19.1 Å². The summed E-state index contributed by atoms with van der Waals surface area (Å²) in [6.07, 6.45) is -2.83. The maximum atomic E-state index is 13.5. The van der Waals surface area contributed by atoms with Crippen molar-refractivity contribution in [1.29, 1.82) is 0 Å². The van der Waals surface area contributed by atoms with E-state index in [-0.39, 0.29) is 48.3 Å². The minimum atomic E-state index is -3.70. The average Bonchev–Trinajstić information content (AvgIpc) is 2.76. The SMILES string of the molecule is CCNS(=O)(=O)NCCOc1nc(N)nc(-c2ccc(F)cc2)c1-c1cc(C)nc(C(F)F)c1. The largest absolute Gasteiger partial charge is 0.476 e. The van der Waals surface area contributed by atoms with Crippen LogP contribution >= 0.6 is 0 Å². The van der Waals surface area contributed by atoms with Crippen molar-refractivity contribution in [2.24, 2.45) is 0 Å². The van der Waals surface area contributed by atoms with Crippen molar-refractivity contribution < 1.29 is 26.3 Å². The van der Waals surface area contributed by atoms with Crippen LogP contribution in [0.1, 0.15) is 24.7 Å². The molecule has 9 nitrogen and oxygen atoms in total. The molecule has 34 heavy (non-hydrogen) atoms. The molecule has 3 rings (SSSR count). The van der Waals surface area contributed by atoms with E-state index in [0.29, 0.717) is 11.3 Å². The second kappa shape index (κ2) is 10.8. The number of nitrogen functional groups attached to an aromatic ring is 1. The van der Waals surface area contributed by atoms with Crippen molar-refractivity contribution in [3.05, 3.63) is 53.6 Å². The van der Waals surface area contributed by atoms with Gasteiger partial charge >= 0.3 is 0 Å². The number of rotatable bonds is 10. The highest BCUT2D eigenvalue weighted by Gasteiger charge is 2.21. The predicted octanol–water partition coefficient (Wildman–Crippen LogP) is 3.00. The molecule has 0 amide bonds. The van der Waals surface area contributed by atoms with Gasteiger partial charge in [-0.05, 0) is 48.9 Å². The van der Waals surface area contributed by atoms with Crippen LogP contribution in [0.25, 0.3) is 22.4 Å². The molecule has 0 saturated heterocycles. The van der Waals surface area contributed by atoms with Crippen molar-refractivity contribution in [1.82, 2.24) is 24.4 Å². The van der Waals surface area contributed by atoms with E-state index in [2.05, 4.69) is 24.4 Å². The quantitative estimate of drug-likeness (QED) is 0.368. The molecule has 13 heteroatoms. The monoisotopic (exact) mass is 496 g/mol. The lowest BCUT2D eigenvalue weighted by molar-refractivity contribution is 0.146. The van der Waals surface area contributed by atoms with Crippen molar-refractivity contribution in [2.45, 2.75) is 20.3 Å². The van der Waals surface area contributed by atoms with Gasteiger partial charge in [0.15, 0.2) is 0 Å². The number of aromatic nitrogens is 3. The number of benzene rings is 1. The van der Waals surface area contributed by atoms with Crippen LogP contribution in [0, 0.1) is 12.7 Å². The van der Waals surface area contributed by atoms with Crippen molar-refractivity contribution in [2.75, 3.05) is 25.4 Å². The number of hydrogen-bond acceptors (Lipinski definition) is 7. The molecule has 4 N–H and O–H groups in total. The summed E-state index contributed by atoms with van der Waals surface area (Å²) in [6.45, 7) is 3.14. The second-order valence-corrected chi connectivity index (χ2v) is 8.67. The number of halogens is 3. The molecule has 0 fully saturated rings. The van der Waals surface area contributed by atoms with Crippen LogP contribution in [0.3, 0.4) is 0 Å². The molecule has 1 aromatic carbocycles. The predicted molar refractivity (Wildman–Crippen MR) is 121 cm³/mol. The summed E-state index contributed by atoms with van der Waals surface area (Å²) in [4.78, 5) is 12.2. The smallest absolute Gasteiger partial charge is 0.280 e. The fourth-order valence-electron chi connectivity index (χ4n) is 3.15. The third kappa shape index (κ3) is 6.40. The lowest BCUT2D eigenvalue weighted by Crippen LogP contribution is -2.38. The fraction of sp³-hybridized carbons (Fsp3) is 0.286. The summed E-state index contributed by atoms with van der Waals surface area (Å²) >= 11 is 0. The van der Waals surface area contributed by atoms with Crippen LogP contribution in [0.2, 0.25) is 0 Å². The Bertz CT molecular complexity index is 1260. The third-order valence-electron chi connectivity index (χ3n) is 4.46. The molecule has 0 aliphatic heterocycles. The van der Waals surface area contributed by atoms with Crippen LogP contribution in [-0.4, -0.2) is 43.1 Å². The van der Waals surface area contributed by atoms with Gasteiger partial charge < -0.3 is 10.5 Å². The highest BCUT2D eigenvalue weighted by molar-refractivity contribution is 7.87. The Morgan fingerprint density at radius 3 is 2.41 bits per heavy atom. The topological polar surface area (TPSA) is 132 Å². The van der Waals surface area contributed by atoms with Gasteiger partial charge in [-0.25, -0.2) is 22.9 Å². The van der Waals surface area contributed by atoms with E-state index in [4.69, 9.17) is 10.5 Å². The number of anilines is 1. The van der Waals surface area contributed by atoms with Crippen molar-refractivity contribution >= 4 is 16.2 Å². The first-order chi connectivity index (χ1) is 16.1. The first-order valence-electron chi connectivity index (χ1n) is 10.2. The lowest BCUT2D eigenvalue weighted by atomic mass is 9.99. The minimum absolute atomic E-state index is 0.0553. The summed E-state index contributed by atoms with van der Waals surface area (Å²) < 4.78 is 74.2. The second-order valence-electron chi connectivity index (χ2n) is 7.08. The maximum Gasteiger partial charge on any atom is 0.280 e. The van der Waals surface area contributed by atoms with Gasteiger partial charge in [0.1, 0.15) is 18.1 Å². The number of hydrogen-bond donors (Lipinski definition) is 3. The number of aryl methyl sites for hydroxylation is 1. The summed E-state index contributed by atoms with van der Waals surface area (Å²) in [6, 6.07) is 8.08. The highest BCUT2D eigenvalue weighted by Crippen LogP contribution is 2.39. The zero-order valence-electron chi connectivity index (χ0n) is 18.3. The van der Waals surface area contributed by atoms with Crippen molar-refractivity contribution in [3.63, 3.8) is 0 Å². The number of ether oxygens (including phenoxy) is 1. The molecule has 0 unspecified atom stereocenters. The molecule has 0 bridgehead atoms. The molecule has 0 saturated carbocycles. The Hall–Kier alpha value is -3.29. The number of nitrogens with one attached hydrogen (secondary N) is 2. The van der Waals surface area contributed by atoms with Crippen LogP contribution in [0.5, 0.6) is 5.88 Å². The molecule has 2 heterocycles. The van der Waals surface area contributed by atoms with Gasteiger partial charge in [-0.15, -0.1) is 0 Å². The summed E-state index contributed by atoms with van der Waals surface area (Å²) in [5.74, 6) is -0.706. The van der Waals surface area contributed by atoms with E-state index in [1.165, 1.54) is 30.3 Å². The summed E-state index contributed by atoms with van der Waals surface area (Å²) in [5, 5.41) is 0. The van der Waals surface area contributed by atoms with Gasteiger partial charge in [0.05, 0.1) is 11.3 Å². The van der Waals surface area contributed by atoms with Crippen molar-refractivity contribution in [3.8, 4) is 28.3 Å². The van der Waals surface area contributed by atoms with E-state index in [9.17, 15) is 21.6 Å². The van der Waals surface area contributed by atoms with E-state index in [0.717, 1.165) is 0 Å². The molecular formula is C21H23F3N6O3S. The van der Waals surface area contributed by atoms with Gasteiger partial charge in [0, 0.05) is 24.3 Å². The normalized spacial score (nSPS) is 11.7. The van der Waals surface area contributed by atoms with Crippen LogP contribution in [0.15, 0.2) is 36.4 Å². The Balaban J connectivity index is 2.07. The molecule has 0 aliphatic rings. The van der Waals surface area contributed by atoms with Gasteiger partial charge in [0.25, 0.3) is 16.6 Å². The number of nitrogens with two attached hydrogens (primary N) is 1. The first-order valence-corrected chi connectivity index (χ1v) is 11.7. The number of nitrogens with zero attached hydrogens (tertiary/aromatic N) is 3. The zero-order chi connectivity index (χ0) is 24.9. The Morgan fingerprint density at radius 2 is 1.76 bits per heavy atom. The van der Waals surface area contributed by atoms with E-state index >= 15 is 0 Å². The van der Waals surface area contributed by atoms with E-state index < -0.39 is 28.1 Å². The maximum absolute atomic E-state index is 13.5. The van der Waals surface area contributed by atoms with E-state index in [1.54, 1.807) is 19.9 Å². The summed E-state index contributed by atoms with van der Waals surface area (Å²) in [7, 11) is -3.70. The Kier molecular flexibility index (Phi) is 8.02. The molecule has 0 radical (unpaired) electrons. The Labute approximate surface area is 194 Å². The van der Waals surface area contributed by atoms with E-state index in [1.807, 2.05) is 0 Å². The summed E-state index contributed by atoms with van der Waals surface area (Å²) in [5.41, 5.74) is 6.90. The molecule has 0 atom stereocenters. The van der Waals surface area contributed by atoms with Crippen LogP contribution in [-0.2, 0) is 10.2 Å². The molecule has 0 aliphatic carbocycles. The lowest BCUT2D eigenvalue weighted by Gasteiger charge is -2.17. The first kappa shape index (κ1) is 25.3. The molecular weight excluding hydrogens is 473 g/mol. The van der Waals surface area contributed by atoms with Crippen LogP contribution < -0.4 is 19.9 Å². The average molecular weight is 497 g/mol.